The number of nitrogens with zero attached hydrogens (tertiary/aromatic N) is 5. The van der Waals surface area contributed by atoms with Crippen molar-refractivity contribution in [3.63, 3.8) is 0 Å². The van der Waals surface area contributed by atoms with Gasteiger partial charge in [0.15, 0.2) is 0 Å². The molecule has 0 unspecified atom stereocenters. The van der Waals surface area contributed by atoms with Crippen molar-refractivity contribution in [3.05, 3.63) is 83.8 Å². The third-order valence-electron chi connectivity index (χ3n) is 5.78. The van der Waals surface area contributed by atoms with Gasteiger partial charge in [0.1, 0.15) is 11.6 Å². The molecule has 3 heterocycles. The molecule has 0 fully saturated rings. The highest BCUT2D eigenvalue weighted by Crippen LogP contribution is 2.29. The number of carbonyl (C=O) groups is 1. The molecule has 0 spiro atoms. The van der Waals surface area contributed by atoms with Gasteiger partial charge in [-0.3, -0.25) is 4.79 Å². The van der Waals surface area contributed by atoms with E-state index >= 15 is 0 Å². The van der Waals surface area contributed by atoms with E-state index in [1.165, 1.54) is 5.56 Å². The number of anilines is 2. The molecule has 0 atom stereocenters. The van der Waals surface area contributed by atoms with E-state index < -0.39 is 0 Å². The monoisotopic (exact) mass is 397 g/mol. The van der Waals surface area contributed by atoms with Crippen LogP contribution < -0.4 is 9.80 Å². The average molecular weight is 397 g/mol. The quantitative estimate of drug-likeness (QED) is 0.526. The first-order valence-corrected chi connectivity index (χ1v) is 10.1. The molecule has 2 aromatic heterocycles. The molecular formula is C24H23N5O. The minimum Gasteiger partial charge on any atom is -0.352 e. The van der Waals surface area contributed by atoms with Crippen LogP contribution in [0, 0.1) is 0 Å². The number of carbonyl (C=O) groups excluding carboxylic acids is 1. The van der Waals surface area contributed by atoms with E-state index in [0.29, 0.717) is 18.7 Å². The van der Waals surface area contributed by atoms with Crippen LogP contribution in [0.2, 0.25) is 0 Å². The van der Waals surface area contributed by atoms with Gasteiger partial charge in [0.2, 0.25) is 0 Å². The summed E-state index contributed by atoms with van der Waals surface area (Å²) in [5.74, 6) is 1.77. The largest absolute Gasteiger partial charge is 0.352 e. The third-order valence-corrected chi connectivity index (χ3v) is 5.78. The zero-order valence-corrected chi connectivity index (χ0v) is 17.1. The van der Waals surface area contributed by atoms with Gasteiger partial charge in [-0.1, -0.05) is 30.3 Å². The number of aryl methyl sites for hydroxylation is 1. The molecular weight excluding hydrogens is 374 g/mol. The van der Waals surface area contributed by atoms with Crippen molar-refractivity contribution in [1.82, 2.24) is 14.5 Å². The molecule has 6 heteroatoms. The maximum Gasteiger partial charge on any atom is 0.259 e. The van der Waals surface area contributed by atoms with E-state index in [2.05, 4.69) is 21.7 Å². The minimum atomic E-state index is -0.00277. The highest BCUT2D eigenvalue weighted by molar-refractivity contribution is 6.07. The van der Waals surface area contributed by atoms with Crippen molar-refractivity contribution in [1.29, 1.82) is 0 Å². The summed E-state index contributed by atoms with van der Waals surface area (Å²) in [6.07, 6.45) is 2.57. The standard InChI is InChI=1S/C24H23N5O/c1-27(16-23-26-19-8-4-6-10-21(19)28(23)2)22-12-11-18(15-25-22)24(30)29-14-13-17-7-3-5-9-20(17)29/h3-12,15H,13-14,16H2,1-2H3. The van der Waals surface area contributed by atoms with Crippen LogP contribution in [-0.2, 0) is 20.0 Å². The molecule has 5 rings (SSSR count). The number of amides is 1. The number of rotatable bonds is 4. The fourth-order valence-electron chi connectivity index (χ4n) is 4.07. The maximum atomic E-state index is 13.0. The van der Waals surface area contributed by atoms with Crippen molar-refractivity contribution < 1.29 is 4.79 Å². The van der Waals surface area contributed by atoms with E-state index in [4.69, 9.17) is 4.98 Å². The van der Waals surface area contributed by atoms with Gasteiger partial charge in [-0.25, -0.2) is 9.97 Å². The summed E-state index contributed by atoms with van der Waals surface area (Å²) in [7, 11) is 4.02. The summed E-state index contributed by atoms with van der Waals surface area (Å²) in [6, 6.07) is 20.0. The van der Waals surface area contributed by atoms with Crippen molar-refractivity contribution in [2.75, 3.05) is 23.4 Å². The number of hydrogen-bond donors (Lipinski definition) is 0. The Morgan fingerprint density at radius 2 is 1.87 bits per heavy atom. The Morgan fingerprint density at radius 1 is 1.07 bits per heavy atom. The number of para-hydroxylation sites is 3. The van der Waals surface area contributed by atoms with Crippen LogP contribution in [0.15, 0.2) is 66.9 Å². The molecule has 150 valence electrons. The van der Waals surface area contributed by atoms with Crippen LogP contribution in [0.25, 0.3) is 11.0 Å². The Hall–Kier alpha value is -3.67. The fraction of sp³-hybridized carbons (Fsp3) is 0.208. The van der Waals surface area contributed by atoms with Crippen molar-refractivity contribution >= 4 is 28.4 Å². The molecule has 30 heavy (non-hydrogen) atoms. The zero-order chi connectivity index (χ0) is 20.7. The zero-order valence-electron chi connectivity index (χ0n) is 17.1. The predicted octanol–water partition coefficient (Wildman–Crippen LogP) is 3.81. The summed E-state index contributed by atoms with van der Waals surface area (Å²) in [5.41, 5.74) is 4.93. The molecule has 0 saturated carbocycles. The summed E-state index contributed by atoms with van der Waals surface area (Å²) in [4.78, 5) is 26.1. The topological polar surface area (TPSA) is 54.3 Å². The van der Waals surface area contributed by atoms with Crippen molar-refractivity contribution in [2.24, 2.45) is 7.05 Å². The third kappa shape index (κ3) is 3.10. The second kappa shape index (κ2) is 7.30. The van der Waals surface area contributed by atoms with Crippen LogP contribution in [0.1, 0.15) is 21.7 Å². The molecule has 0 saturated heterocycles. The number of pyridine rings is 1. The number of hydrogen-bond acceptors (Lipinski definition) is 4. The van der Waals surface area contributed by atoms with Gasteiger partial charge in [-0.2, -0.15) is 0 Å². The molecule has 6 nitrogen and oxygen atoms in total. The van der Waals surface area contributed by atoms with Crippen LogP contribution in [0.4, 0.5) is 11.5 Å². The minimum absolute atomic E-state index is 0.00277. The summed E-state index contributed by atoms with van der Waals surface area (Å²) in [5, 5.41) is 0. The van der Waals surface area contributed by atoms with E-state index in [9.17, 15) is 4.79 Å². The number of benzene rings is 2. The fourth-order valence-corrected chi connectivity index (χ4v) is 4.07. The van der Waals surface area contributed by atoms with Gasteiger partial charge in [0.05, 0.1) is 23.1 Å². The van der Waals surface area contributed by atoms with Gasteiger partial charge in [0.25, 0.3) is 5.91 Å². The molecule has 1 amide bonds. The Labute approximate surface area is 175 Å². The number of fused-ring (bicyclic) bond motifs is 2. The molecule has 2 aromatic carbocycles. The smallest absolute Gasteiger partial charge is 0.259 e. The van der Waals surface area contributed by atoms with E-state index in [1.807, 2.05) is 72.4 Å². The van der Waals surface area contributed by atoms with Crippen molar-refractivity contribution in [3.8, 4) is 0 Å². The van der Waals surface area contributed by atoms with Gasteiger partial charge in [0, 0.05) is 32.5 Å². The van der Waals surface area contributed by atoms with Crippen LogP contribution in [0.3, 0.4) is 0 Å². The van der Waals surface area contributed by atoms with Gasteiger partial charge >= 0.3 is 0 Å². The van der Waals surface area contributed by atoms with Crippen LogP contribution in [-0.4, -0.2) is 34.0 Å². The second-order valence-electron chi connectivity index (χ2n) is 7.67. The van der Waals surface area contributed by atoms with Crippen LogP contribution >= 0.6 is 0 Å². The molecule has 0 aliphatic carbocycles. The SMILES string of the molecule is CN(Cc1nc2ccccc2n1C)c1ccc(C(=O)N2CCc3ccccc32)cn1. The van der Waals surface area contributed by atoms with Crippen molar-refractivity contribution in [2.45, 2.75) is 13.0 Å². The summed E-state index contributed by atoms with van der Waals surface area (Å²) < 4.78 is 2.11. The van der Waals surface area contributed by atoms with E-state index in [1.54, 1.807) is 6.20 Å². The Morgan fingerprint density at radius 3 is 2.67 bits per heavy atom. The lowest BCUT2D eigenvalue weighted by Gasteiger charge is -2.20. The molecule has 0 radical (unpaired) electrons. The summed E-state index contributed by atoms with van der Waals surface area (Å²) >= 11 is 0. The normalized spacial score (nSPS) is 12.9. The van der Waals surface area contributed by atoms with Gasteiger partial charge in [-0.05, 0) is 42.3 Å². The predicted molar refractivity (Wildman–Crippen MR) is 119 cm³/mol. The first-order chi connectivity index (χ1) is 14.6. The lowest BCUT2D eigenvalue weighted by atomic mass is 10.2. The maximum absolute atomic E-state index is 13.0. The second-order valence-corrected chi connectivity index (χ2v) is 7.67. The Kier molecular flexibility index (Phi) is 4.47. The van der Waals surface area contributed by atoms with E-state index in [-0.39, 0.29) is 5.91 Å². The highest BCUT2D eigenvalue weighted by Gasteiger charge is 2.25. The van der Waals surface area contributed by atoms with Crippen LogP contribution in [0.5, 0.6) is 0 Å². The molecule has 1 aliphatic rings. The average Bonchev–Trinajstić information content (AvgIpc) is 3.35. The van der Waals surface area contributed by atoms with Gasteiger partial charge < -0.3 is 14.4 Å². The first kappa shape index (κ1) is 18.4. The Balaban J connectivity index is 1.33. The lowest BCUT2D eigenvalue weighted by molar-refractivity contribution is 0.0989. The molecule has 1 aliphatic heterocycles. The molecule has 4 aromatic rings. The highest BCUT2D eigenvalue weighted by atomic mass is 16.2. The van der Waals surface area contributed by atoms with Gasteiger partial charge in [-0.15, -0.1) is 0 Å². The number of imidazole rings is 1. The molecule has 0 bridgehead atoms. The first-order valence-electron chi connectivity index (χ1n) is 10.1. The lowest BCUT2D eigenvalue weighted by Crippen LogP contribution is -2.29. The number of aromatic nitrogens is 3. The van der Waals surface area contributed by atoms with E-state index in [0.717, 1.165) is 34.8 Å². The Bertz CT molecular complexity index is 1230. The molecule has 0 N–H and O–H groups in total. The summed E-state index contributed by atoms with van der Waals surface area (Å²) in [6.45, 7) is 1.34.